The number of rotatable bonds is 11. The number of piperidine rings is 2. The van der Waals surface area contributed by atoms with Crippen LogP contribution in [0.25, 0.3) is 11.1 Å². The fraction of sp³-hybridized carbons (Fsp3) is 0.595. The molecule has 10 nitrogen and oxygen atoms in total. The molecule has 2 aromatic rings. The summed E-state index contributed by atoms with van der Waals surface area (Å²) in [7, 11) is 4.73. The SMILES string of the molecule is COc1cc2c(c(OC)c1OC)-c1ccc(N[C@@H](CC(C)C)C(=O)NC[C@@H]3CCCN4CCCC[C@H]34)c(=O)cc1[C@@H](NC(C)=O)CC2. The Bertz CT molecular complexity index is 1510. The first-order chi connectivity index (χ1) is 22.6. The Kier molecular flexibility index (Phi) is 11.3. The molecule has 10 heteroatoms. The highest BCUT2D eigenvalue weighted by molar-refractivity contribution is 5.86. The van der Waals surface area contributed by atoms with Crippen LogP contribution in [-0.2, 0) is 16.0 Å². The zero-order valence-corrected chi connectivity index (χ0v) is 28.9. The van der Waals surface area contributed by atoms with Gasteiger partial charge in [0.05, 0.1) is 33.1 Å². The second-order valence-electron chi connectivity index (χ2n) is 13.7. The molecule has 2 fully saturated rings. The third-order valence-electron chi connectivity index (χ3n) is 10.0. The van der Waals surface area contributed by atoms with Gasteiger partial charge in [0, 0.05) is 25.1 Å². The lowest BCUT2D eigenvalue weighted by Gasteiger charge is -2.44. The van der Waals surface area contributed by atoms with Gasteiger partial charge >= 0.3 is 0 Å². The van der Waals surface area contributed by atoms with Crippen LogP contribution in [0.2, 0.25) is 0 Å². The number of nitrogens with one attached hydrogen (secondary N) is 3. The van der Waals surface area contributed by atoms with Gasteiger partial charge in [-0.2, -0.15) is 0 Å². The van der Waals surface area contributed by atoms with Gasteiger partial charge in [-0.05, 0) is 105 Å². The van der Waals surface area contributed by atoms with Crippen molar-refractivity contribution < 1.29 is 23.8 Å². The third kappa shape index (κ3) is 7.69. The molecule has 0 radical (unpaired) electrons. The van der Waals surface area contributed by atoms with E-state index in [9.17, 15) is 14.4 Å². The molecule has 0 saturated carbocycles. The molecule has 5 rings (SSSR count). The molecule has 47 heavy (non-hydrogen) atoms. The van der Waals surface area contributed by atoms with E-state index in [0.29, 0.717) is 66.3 Å². The Labute approximate surface area is 278 Å². The molecule has 3 aliphatic rings. The summed E-state index contributed by atoms with van der Waals surface area (Å²) in [5.74, 6) is 1.90. The predicted molar refractivity (Wildman–Crippen MR) is 184 cm³/mol. The van der Waals surface area contributed by atoms with Crippen molar-refractivity contribution in [1.29, 1.82) is 0 Å². The summed E-state index contributed by atoms with van der Waals surface area (Å²) >= 11 is 0. The van der Waals surface area contributed by atoms with Gasteiger partial charge in [0.1, 0.15) is 6.04 Å². The zero-order chi connectivity index (χ0) is 33.7. The fourth-order valence-electron chi connectivity index (χ4n) is 7.89. The number of anilines is 1. The van der Waals surface area contributed by atoms with Crippen molar-refractivity contribution in [3.63, 3.8) is 0 Å². The number of nitrogens with zero attached hydrogens (tertiary/aromatic N) is 1. The summed E-state index contributed by atoms with van der Waals surface area (Å²) in [5, 5.41) is 9.65. The topological polar surface area (TPSA) is 118 Å². The smallest absolute Gasteiger partial charge is 0.242 e. The van der Waals surface area contributed by atoms with Gasteiger partial charge in [-0.3, -0.25) is 14.4 Å². The van der Waals surface area contributed by atoms with Gasteiger partial charge in [-0.25, -0.2) is 0 Å². The lowest BCUT2D eigenvalue weighted by molar-refractivity contribution is -0.122. The number of fused-ring (bicyclic) bond motifs is 4. The van der Waals surface area contributed by atoms with Crippen molar-refractivity contribution in [3.8, 4) is 28.4 Å². The first kappa shape index (κ1) is 34.5. The van der Waals surface area contributed by atoms with E-state index in [-0.39, 0.29) is 23.2 Å². The molecule has 0 spiro atoms. The lowest BCUT2D eigenvalue weighted by Crippen LogP contribution is -2.52. The zero-order valence-electron chi connectivity index (χ0n) is 28.9. The van der Waals surface area contributed by atoms with Crippen molar-refractivity contribution in [2.75, 3.05) is 46.3 Å². The quantitative estimate of drug-likeness (QED) is 0.309. The third-order valence-corrected chi connectivity index (χ3v) is 10.0. The minimum absolute atomic E-state index is 0.0842. The monoisotopic (exact) mass is 648 g/mol. The van der Waals surface area contributed by atoms with Crippen LogP contribution < -0.4 is 35.6 Å². The molecule has 2 aromatic carbocycles. The molecule has 0 bridgehead atoms. The molecule has 2 amide bonds. The molecular weight excluding hydrogens is 596 g/mol. The summed E-state index contributed by atoms with van der Waals surface area (Å²) in [6.45, 7) is 8.61. The Balaban J connectivity index is 1.49. The molecule has 256 valence electrons. The summed E-state index contributed by atoms with van der Waals surface area (Å²) in [5.41, 5.74) is 3.25. The molecule has 0 unspecified atom stereocenters. The molecular formula is C37H52N4O6. The van der Waals surface area contributed by atoms with Gasteiger partial charge in [-0.15, -0.1) is 0 Å². The Morgan fingerprint density at radius 3 is 2.43 bits per heavy atom. The van der Waals surface area contributed by atoms with Gasteiger partial charge < -0.3 is 35.1 Å². The lowest BCUT2D eigenvalue weighted by atomic mass is 9.83. The number of hydrogen-bond acceptors (Lipinski definition) is 8. The van der Waals surface area contributed by atoms with Crippen molar-refractivity contribution in [2.45, 2.75) is 90.3 Å². The summed E-state index contributed by atoms with van der Waals surface area (Å²) < 4.78 is 17.2. The largest absolute Gasteiger partial charge is 0.493 e. The first-order valence-corrected chi connectivity index (χ1v) is 17.2. The minimum atomic E-state index is -0.576. The maximum atomic E-state index is 13.9. The molecule has 3 N–H and O–H groups in total. The molecule has 1 aliphatic carbocycles. The number of benzene rings is 1. The average Bonchev–Trinajstić information content (AvgIpc) is 3.30. The highest BCUT2D eigenvalue weighted by atomic mass is 16.5. The molecule has 4 atom stereocenters. The molecule has 2 saturated heterocycles. The Hall–Kier alpha value is -3.79. The highest BCUT2D eigenvalue weighted by Gasteiger charge is 2.34. The van der Waals surface area contributed by atoms with Crippen LogP contribution >= 0.6 is 0 Å². The number of aryl methyl sites for hydroxylation is 1. The first-order valence-electron chi connectivity index (χ1n) is 17.2. The minimum Gasteiger partial charge on any atom is -0.493 e. The van der Waals surface area contributed by atoms with Crippen molar-refractivity contribution in [2.24, 2.45) is 11.8 Å². The maximum Gasteiger partial charge on any atom is 0.242 e. The Morgan fingerprint density at radius 2 is 1.72 bits per heavy atom. The van der Waals surface area contributed by atoms with E-state index in [1.54, 1.807) is 33.5 Å². The number of carbonyl (C=O) groups excluding carboxylic acids is 2. The van der Waals surface area contributed by atoms with E-state index in [1.807, 2.05) is 12.1 Å². The number of methoxy groups -OCH3 is 3. The highest BCUT2D eigenvalue weighted by Crippen LogP contribution is 2.50. The van der Waals surface area contributed by atoms with Crippen LogP contribution in [0.1, 0.15) is 82.9 Å². The standard InChI is InChI=1S/C37H52N4O6/c1-22(2)18-30(37(44)38-21-25-10-9-17-41-16-8-7-11-31(25)41)40-29-15-13-26-27(20-32(29)43)28(39-23(3)42)14-12-24-19-33(45-4)35(46-5)36(47-6)34(24)26/h13,15,19-20,22,25,28,30-31H,7-12,14,16-18,21H2,1-6H3,(H,38,44)(H,39,42)(H,40,43)/t25-,28-,30-,31+/m0/s1. The van der Waals surface area contributed by atoms with Crippen LogP contribution in [0, 0.1) is 11.8 Å². The number of hydrogen-bond donors (Lipinski definition) is 3. The molecule has 2 aliphatic heterocycles. The summed E-state index contributed by atoms with van der Waals surface area (Å²) in [6.07, 6.45) is 7.78. The van der Waals surface area contributed by atoms with Crippen LogP contribution in [0.4, 0.5) is 5.69 Å². The van der Waals surface area contributed by atoms with E-state index in [1.165, 1.54) is 32.6 Å². The number of ether oxygens (including phenoxy) is 3. The maximum absolute atomic E-state index is 13.9. The van der Waals surface area contributed by atoms with Crippen LogP contribution in [-0.4, -0.2) is 69.8 Å². The second kappa shape index (κ2) is 15.4. The van der Waals surface area contributed by atoms with E-state index in [4.69, 9.17) is 14.2 Å². The molecule has 2 heterocycles. The number of carbonyl (C=O) groups is 2. The predicted octanol–water partition coefficient (Wildman–Crippen LogP) is 5.07. The second-order valence-corrected chi connectivity index (χ2v) is 13.7. The van der Waals surface area contributed by atoms with Gasteiger partial charge in [-0.1, -0.05) is 26.3 Å². The van der Waals surface area contributed by atoms with Gasteiger partial charge in [0.2, 0.25) is 23.0 Å². The van der Waals surface area contributed by atoms with E-state index < -0.39 is 12.1 Å². The van der Waals surface area contributed by atoms with E-state index in [0.717, 1.165) is 36.2 Å². The van der Waals surface area contributed by atoms with Gasteiger partial charge in [0.25, 0.3) is 0 Å². The van der Waals surface area contributed by atoms with Crippen molar-refractivity contribution >= 4 is 17.5 Å². The normalized spacial score (nSPS) is 21.3. The summed E-state index contributed by atoms with van der Waals surface area (Å²) in [6, 6.07) is 6.72. The fourth-order valence-corrected chi connectivity index (χ4v) is 7.89. The molecule has 0 aromatic heterocycles. The summed E-state index contributed by atoms with van der Waals surface area (Å²) in [4.78, 5) is 42.6. The van der Waals surface area contributed by atoms with Crippen LogP contribution in [0.5, 0.6) is 17.2 Å². The van der Waals surface area contributed by atoms with Crippen molar-refractivity contribution in [1.82, 2.24) is 15.5 Å². The number of amides is 2. The van der Waals surface area contributed by atoms with Crippen LogP contribution in [0.3, 0.4) is 0 Å². The average molecular weight is 649 g/mol. The van der Waals surface area contributed by atoms with Crippen LogP contribution in [0.15, 0.2) is 29.1 Å². The van der Waals surface area contributed by atoms with Gasteiger partial charge in [0.15, 0.2) is 11.5 Å². The van der Waals surface area contributed by atoms with E-state index >= 15 is 0 Å². The van der Waals surface area contributed by atoms with E-state index in [2.05, 4.69) is 34.7 Å². The Morgan fingerprint density at radius 1 is 0.957 bits per heavy atom. The van der Waals surface area contributed by atoms with Crippen molar-refractivity contribution in [3.05, 3.63) is 45.6 Å².